The number of carbonyl (C=O) groups excluding carboxylic acids is 1. The summed E-state index contributed by atoms with van der Waals surface area (Å²) in [4.78, 5) is 31.3. The maximum absolute atomic E-state index is 12.9. The van der Waals surface area contributed by atoms with E-state index in [1.807, 2.05) is 0 Å². The molecule has 2 aromatic rings. The lowest BCUT2D eigenvalue weighted by Gasteiger charge is -2.33. The number of aromatic nitrogens is 2. The van der Waals surface area contributed by atoms with Crippen molar-refractivity contribution in [2.45, 2.75) is 66.5 Å². The van der Waals surface area contributed by atoms with E-state index >= 15 is 0 Å². The van der Waals surface area contributed by atoms with Crippen molar-refractivity contribution in [1.82, 2.24) is 9.55 Å². The second-order valence-corrected chi connectivity index (χ2v) is 9.29. The molecule has 0 saturated carbocycles. The number of thiophene rings is 1. The molecule has 1 aliphatic carbocycles. The second-order valence-electron chi connectivity index (χ2n) is 8.21. The standard InChI is InChI=1S/C19H26N2O3S/c1-11(2)24-15(22)9-21-10-20-17-16(18(21)23)13-7-6-12(19(3,4)5)8-14(13)25-17/h10-12H,6-9H2,1-5H3/t12-/m0/s1. The van der Waals surface area contributed by atoms with Crippen LogP contribution in [0.3, 0.4) is 0 Å². The first kappa shape index (κ1) is 18.1. The Hall–Kier alpha value is -1.69. The molecule has 2 heterocycles. The predicted octanol–water partition coefficient (Wildman–Crippen LogP) is 3.56. The summed E-state index contributed by atoms with van der Waals surface area (Å²) in [5, 5.41) is 0.701. The van der Waals surface area contributed by atoms with Crippen LogP contribution in [0.2, 0.25) is 0 Å². The van der Waals surface area contributed by atoms with Gasteiger partial charge in [0.05, 0.1) is 17.8 Å². The van der Waals surface area contributed by atoms with E-state index in [4.69, 9.17) is 4.74 Å². The second kappa shape index (κ2) is 6.56. The maximum atomic E-state index is 12.9. The van der Waals surface area contributed by atoms with E-state index in [1.54, 1.807) is 25.2 Å². The molecule has 2 aromatic heterocycles. The number of ether oxygens (including phenoxy) is 1. The van der Waals surface area contributed by atoms with Crippen LogP contribution in [0.25, 0.3) is 10.2 Å². The highest BCUT2D eigenvalue weighted by Gasteiger charge is 2.31. The average molecular weight is 362 g/mol. The monoisotopic (exact) mass is 362 g/mol. The minimum absolute atomic E-state index is 0.0881. The third-order valence-corrected chi connectivity index (χ3v) is 6.09. The first-order valence-corrected chi connectivity index (χ1v) is 9.67. The van der Waals surface area contributed by atoms with Crippen LogP contribution in [0.5, 0.6) is 0 Å². The Labute approximate surface area is 152 Å². The first-order chi connectivity index (χ1) is 11.7. The van der Waals surface area contributed by atoms with Crippen LogP contribution in [0.15, 0.2) is 11.1 Å². The van der Waals surface area contributed by atoms with Crippen molar-refractivity contribution in [2.75, 3.05) is 0 Å². The maximum Gasteiger partial charge on any atom is 0.326 e. The largest absolute Gasteiger partial charge is 0.462 e. The van der Waals surface area contributed by atoms with Gasteiger partial charge in [-0.25, -0.2) is 4.98 Å². The van der Waals surface area contributed by atoms with Gasteiger partial charge in [0.2, 0.25) is 0 Å². The Bertz CT molecular complexity index is 858. The van der Waals surface area contributed by atoms with Gasteiger partial charge in [0.25, 0.3) is 5.56 Å². The number of aryl methyl sites for hydroxylation is 1. The van der Waals surface area contributed by atoms with Crippen LogP contribution >= 0.6 is 11.3 Å². The van der Waals surface area contributed by atoms with Crippen LogP contribution in [0.1, 0.15) is 51.5 Å². The molecule has 0 radical (unpaired) electrons. The Balaban J connectivity index is 1.95. The molecular formula is C19H26N2O3S. The summed E-state index contributed by atoms with van der Waals surface area (Å²) in [7, 11) is 0. The van der Waals surface area contributed by atoms with E-state index < -0.39 is 5.97 Å². The summed E-state index contributed by atoms with van der Waals surface area (Å²) in [6, 6.07) is 0. The minimum Gasteiger partial charge on any atom is -0.462 e. The van der Waals surface area contributed by atoms with Crippen LogP contribution in [-0.2, 0) is 28.9 Å². The SMILES string of the molecule is CC(C)OC(=O)Cn1cnc2sc3c(c2c1=O)CC[C@H](C(C)(C)C)C3. The van der Waals surface area contributed by atoms with Crippen molar-refractivity contribution in [2.24, 2.45) is 11.3 Å². The van der Waals surface area contributed by atoms with Crippen molar-refractivity contribution < 1.29 is 9.53 Å². The third-order valence-electron chi connectivity index (χ3n) is 4.93. The summed E-state index contributed by atoms with van der Waals surface area (Å²) < 4.78 is 6.51. The fourth-order valence-corrected chi connectivity index (χ4v) is 4.75. The van der Waals surface area contributed by atoms with E-state index in [0.717, 1.165) is 29.7 Å². The molecule has 0 N–H and O–H groups in total. The van der Waals surface area contributed by atoms with Gasteiger partial charge in [0.1, 0.15) is 11.4 Å². The highest BCUT2D eigenvalue weighted by atomic mass is 32.1. The molecular weight excluding hydrogens is 336 g/mol. The summed E-state index contributed by atoms with van der Waals surface area (Å²) in [6.07, 6.45) is 4.29. The molecule has 0 fully saturated rings. The van der Waals surface area contributed by atoms with Crippen molar-refractivity contribution in [3.63, 3.8) is 0 Å². The zero-order valence-electron chi connectivity index (χ0n) is 15.6. The number of rotatable bonds is 3. The summed E-state index contributed by atoms with van der Waals surface area (Å²) in [6.45, 7) is 10.3. The normalized spacial score (nSPS) is 17.8. The molecule has 0 aromatic carbocycles. The van der Waals surface area contributed by atoms with Gasteiger partial charge in [0.15, 0.2) is 0 Å². The van der Waals surface area contributed by atoms with E-state index in [2.05, 4.69) is 25.8 Å². The number of carbonyl (C=O) groups is 1. The fraction of sp³-hybridized carbons (Fsp3) is 0.632. The summed E-state index contributed by atoms with van der Waals surface area (Å²) >= 11 is 1.63. The molecule has 25 heavy (non-hydrogen) atoms. The van der Waals surface area contributed by atoms with Gasteiger partial charge in [0, 0.05) is 4.88 Å². The van der Waals surface area contributed by atoms with Crippen molar-refractivity contribution in [1.29, 1.82) is 0 Å². The Morgan fingerprint density at radius 2 is 2.16 bits per heavy atom. The van der Waals surface area contributed by atoms with Crippen LogP contribution in [-0.4, -0.2) is 21.6 Å². The van der Waals surface area contributed by atoms with Gasteiger partial charge in [-0.1, -0.05) is 20.8 Å². The van der Waals surface area contributed by atoms with E-state index in [9.17, 15) is 9.59 Å². The molecule has 0 unspecified atom stereocenters. The molecule has 0 amide bonds. The van der Waals surface area contributed by atoms with Crippen LogP contribution in [0, 0.1) is 11.3 Å². The molecule has 136 valence electrons. The third kappa shape index (κ3) is 3.64. The quantitative estimate of drug-likeness (QED) is 0.783. The number of hydrogen-bond donors (Lipinski definition) is 0. The van der Waals surface area contributed by atoms with E-state index in [1.165, 1.54) is 15.8 Å². The molecule has 6 heteroatoms. The van der Waals surface area contributed by atoms with E-state index in [0.29, 0.717) is 11.3 Å². The highest BCUT2D eigenvalue weighted by molar-refractivity contribution is 7.18. The molecule has 5 nitrogen and oxygen atoms in total. The van der Waals surface area contributed by atoms with Gasteiger partial charge >= 0.3 is 5.97 Å². The Morgan fingerprint density at radius 3 is 2.80 bits per heavy atom. The van der Waals surface area contributed by atoms with Gasteiger partial charge < -0.3 is 4.74 Å². The molecule has 3 rings (SSSR count). The van der Waals surface area contributed by atoms with Crippen molar-refractivity contribution >= 4 is 27.5 Å². The summed E-state index contributed by atoms with van der Waals surface area (Å²) in [5.41, 5.74) is 1.28. The molecule has 0 aliphatic heterocycles. The lowest BCUT2D eigenvalue weighted by molar-refractivity contribution is -0.148. The molecule has 0 saturated heterocycles. The zero-order chi connectivity index (χ0) is 18.4. The number of hydrogen-bond acceptors (Lipinski definition) is 5. The lowest BCUT2D eigenvalue weighted by atomic mass is 9.72. The topological polar surface area (TPSA) is 61.2 Å². The molecule has 1 atom stereocenters. The molecule has 1 aliphatic rings. The molecule has 0 bridgehead atoms. The van der Waals surface area contributed by atoms with Gasteiger partial charge in [-0.05, 0) is 50.0 Å². The van der Waals surface area contributed by atoms with Crippen LogP contribution < -0.4 is 5.56 Å². The van der Waals surface area contributed by atoms with Gasteiger partial charge in [-0.15, -0.1) is 11.3 Å². The van der Waals surface area contributed by atoms with Gasteiger partial charge in [-0.3, -0.25) is 14.2 Å². The van der Waals surface area contributed by atoms with Crippen LogP contribution in [0.4, 0.5) is 0 Å². The lowest BCUT2D eigenvalue weighted by Crippen LogP contribution is -2.28. The zero-order valence-corrected chi connectivity index (χ0v) is 16.4. The smallest absolute Gasteiger partial charge is 0.326 e. The van der Waals surface area contributed by atoms with Crippen molar-refractivity contribution in [3.8, 4) is 0 Å². The van der Waals surface area contributed by atoms with Crippen molar-refractivity contribution in [3.05, 3.63) is 27.1 Å². The molecule has 0 spiro atoms. The first-order valence-electron chi connectivity index (χ1n) is 8.86. The predicted molar refractivity (Wildman–Crippen MR) is 100 cm³/mol. The number of fused-ring (bicyclic) bond motifs is 3. The Morgan fingerprint density at radius 1 is 1.44 bits per heavy atom. The Kier molecular flexibility index (Phi) is 4.75. The summed E-state index contributed by atoms with van der Waals surface area (Å²) in [5.74, 6) is 0.214. The highest BCUT2D eigenvalue weighted by Crippen LogP contribution is 2.41. The minimum atomic E-state index is -0.407. The van der Waals surface area contributed by atoms with Gasteiger partial charge in [-0.2, -0.15) is 0 Å². The average Bonchev–Trinajstić information content (AvgIpc) is 2.86. The van der Waals surface area contributed by atoms with E-state index in [-0.39, 0.29) is 23.6 Å². The fourth-order valence-electron chi connectivity index (χ4n) is 3.49. The number of nitrogens with zero attached hydrogens (tertiary/aromatic N) is 2. The number of esters is 1.